The lowest BCUT2D eigenvalue weighted by Crippen LogP contribution is -2.30. The van der Waals surface area contributed by atoms with Crippen LogP contribution >= 0.6 is 15.6 Å². The SMILES string of the molecule is CC/C=C\C/C=C\C/C=C\C/C=C\C/C=C\CCCCCCCCCCCCCCCCCC(=O)OCC(O)COP(=O)(O)OCC(O)COP(=O)(O)OCC(COC(=O)CCCCCCC/C=C\C/C=C\C/C=C\CC)OC(=O)CCCCCCC/C=C\C/C=C\CCC. The molecular formula is C77H132O16P2. The highest BCUT2D eigenvalue weighted by molar-refractivity contribution is 7.47. The highest BCUT2D eigenvalue weighted by Crippen LogP contribution is 2.45. The van der Waals surface area contributed by atoms with Gasteiger partial charge in [-0.05, 0) is 122 Å². The molecular weight excluding hydrogens is 1240 g/mol. The third-order valence-electron chi connectivity index (χ3n) is 15.1. The van der Waals surface area contributed by atoms with Crippen molar-refractivity contribution in [3.05, 3.63) is 122 Å². The highest BCUT2D eigenvalue weighted by atomic mass is 31.2. The molecule has 0 aromatic rings. The Morgan fingerprint density at radius 2 is 0.558 bits per heavy atom. The maximum Gasteiger partial charge on any atom is 0.472 e. The Hall–Kier alpha value is -4.05. The van der Waals surface area contributed by atoms with Crippen molar-refractivity contribution in [3.8, 4) is 0 Å². The average molecular weight is 1380 g/mol. The van der Waals surface area contributed by atoms with Crippen molar-refractivity contribution < 1.29 is 75.8 Å². The molecule has 0 saturated heterocycles. The summed E-state index contributed by atoms with van der Waals surface area (Å²) in [6.45, 7) is 2.34. The predicted molar refractivity (Wildman–Crippen MR) is 390 cm³/mol. The zero-order valence-electron chi connectivity index (χ0n) is 59.3. The van der Waals surface area contributed by atoms with E-state index in [1.807, 2.05) is 0 Å². The number of rotatable bonds is 69. The number of ether oxygens (including phenoxy) is 3. The predicted octanol–water partition coefficient (Wildman–Crippen LogP) is 21.0. The Labute approximate surface area is 576 Å². The number of carbonyl (C=O) groups is 3. The molecule has 0 spiro atoms. The second kappa shape index (κ2) is 69.8. The van der Waals surface area contributed by atoms with Gasteiger partial charge in [-0.3, -0.25) is 32.5 Å². The lowest BCUT2D eigenvalue weighted by atomic mass is 10.0. The lowest BCUT2D eigenvalue weighted by Gasteiger charge is -2.21. The number of hydrogen-bond donors (Lipinski definition) is 4. The minimum atomic E-state index is -4.93. The summed E-state index contributed by atoms with van der Waals surface area (Å²) in [6.07, 6.45) is 81.3. The van der Waals surface area contributed by atoms with Gasteiger partial charge >= 0.3 is 33.6 Å². The molecule has 0 aromatic heterocycles. The van der Waals surface area contributed by atoms with Gasteiger partial charge in [0.15, 0.2) is 6.10 Å². The van der Waals surface area contributed by atoms with E-state index in [2.05, 4.69) is 142 Å². The number of phosphoric acid groups is 2. The van der Waals surface area contributed by atoms with Gasteiger partial charge in [0.05, 0.1) is 26.4 Å². The Morgan fingerprint density at radius 3 is 0.884 bits per heavy atom. The zero-order chi connectivity index (χ0) is 69.5. The Bertz CT molecular complexity index is 2210. The molecule has 0 amide bonds. The van der Waals surface area contributed by atoms with Crippen LogP contribution in [0.15, 0.2) is 122 Å². The minimum absolute atomic E-state index is 0.0830. The molecule has 95 heavy (non-hydrogen) atoms. The van der Waals surface area contributed by atoms with Crippen LogP contribution < -0.4 is 0 Å². The number of aliphatic hydroxyl groups excluding tert-OH is 2. The molecule has 546 valence electrons. The van der Waals surface area contributed by atoms with Crippen molar-refractivity contribution in [2.24, 2.45) is 0 Å². The van der Waals surface area contributed by atoms with Crippen molar-refractivity contribution in [1.29, 1.82) is 0 Å². The quantitative estimate of drug-likeness (QED) is 0.0146. The summed E-state index contributed by atoms with van der Waals surface area (Å²) in [5.74, 6) is -1.61. The molecule has 0 heterocycles. The van der Waals surface area contributed by atoms with Gasteiger partial charge in [-0.15, -0.1) is 0 Å². The van der Waals surface area contributed by atoms with Crippen molar-refractivity contribution in [2.75, 3.05) is 39.6 Å². The van der Waals surface area contributed by atoms with E-state index >= 15 is 0 Å². The second-order valence-corrected chi connectivity index (χ2v) is 27.2. The maximum atomic E-state index is 12.9. The largest absolute Gasteiger partial charge is 0.472 e. The van der Waals surface area contributed by atoms with Crippen molar-refractivity contribution in [2.45, 2.75) is 309 Å². The molecule has 5 atom stereocenters. The van der Waals surface area contributed by atoms with Crippen LogP contribution in [-0.2, 0) is 55.8 Å². The van der Waals surface area contributed by atoms with Gasteiger partial charge in [0.2, 0.25) is 0 Å². The van der Waals surface area contributed by atoms with Gasteiger partial charge in [-0.2, -0.15) is 0 Å². The van der Waals surface area contributed by atoms with Crippen LogP contribution in [0, 0.1) is 0 Å². The molecule has 0 bridgehead atoms. The number of aliphatic hydroxyl groups is 2. The molecule has 0 fully saturated rings. The van der Waals surface area contributed by atoms with Crippen LogP contribution in [0.25, 0.3) is 0 Å². The molecule has 18 heteroatoms. The number of phosphoric ester groups is 2. The minimum Gasteiger partial charge on any atom is -0.463 e. The van der Waals surface area contributed by atoms with Gasteiger partial charge in [0.1, 0.15) is 25.4 Å². The molecule has 4 N–H and O–H groups in total. The number of unbranched alkanes of at least 4 members (excludes halogenated alkanes) is 26. The Morgan fingerprint density at radius 1 is 0.305 bits per heavy atom. The zero-order valence-corrected chi connectivity index (χ0v) is 61.1. The molecule has 0 saturated carbocycles. The van der Waals surface area contributed by atoms with Crippen LogP contribution in [0.2, 0.25) is 0 Å². The summed E-state index contributed by atoms with van der Waals surface area (Å²) in [7, 11) is -9.79. The van der Waals surface area contributed by atoms with Gasteiger partial charge in [0, 0.05) is 19.3 Å². The molecule has 0 aromatic carbocycles. The van der Waals surface area contributed by atoms with E-state index in [1.165, 1.54) is 77.0 Å². The van der Waals surface area contributed by atoms with E-state index in [1.54, 1.807) is 0 Å². The standard InChI is InChI=1S/C77H132O16P2/c1-4-7-10-13-16-19-22-25-27-28-29-30-31-32-33-34-35-36-37-38-39-40-41-42-44-47-48-51-54-57-60-63-75(80)87-66-72(78)67-89-94(83,84)90-68-73(79)69-91-95(85,86)92-71-74(93-77(82)65-62-59-56-53-50-45-24-21-18-15-12-9-6-3)70-88-76(81)64-61-58-55-52-49-46-43-26-23-20-17-14-11-8-5-2/h7-8,10-12,15-17,19-21,24-27,29-30,32-33,43,72-74,78-79H,4-6,9,13-14,18,22-23,28,31,34-42,44-71H2,1-3H3,(H,83,84)(H,85,86)/b10-7-,11-8-,15-12-,19-16-,20-17-,24-21-,27-25-,30-29-,33-32-,43-26-. The average Bonchev–Trinajstić information content (AvgIpc) is 1.75. The first-order valence-corrected chi connectivity index (χ1v) is 39.8. The number of allylic oxidation sites excluding steroid dienone is 20. The fourth-order valence-corrected chi connectivity index (χ4v) is 11.2. The van der Waals surface area contributed by atoms with E-state index in [0.29, 0.717) is 19.3 Å². The summed E-state index contributed by atoms with van der Waals surface area (Å²) < 4.78 is 60.9. The monoisotopic (exact) mass is 1370 g/mol. The van der Waals surface area contributed by atoms with Crippen molar-refractivity contribution in [3.63, 3.8) is 0 Å². The topological polar surface area (TPSA) is 231 Å². The van der Waals surface area contributed by atoms with E-state index in [4.69, 9.17) is 32.3 Å². The normalized spacial score (nSPS) is 14.8. The first kappa shape index (κ1) is 91.0. The van der Waals surface area contributed by atoms with Crippen molar-refractivity contribution >= 4 is 33.6 Å². The van der Waals surface area contributed by atoms with Crippen LogP contribution in [0.4, 0.5) is 0 Å². The third-order valence-corrected chi connectivity index (χ3v) is 17.0. The van der Waals surface area contributed by atoms with Gasteiger partial charge in [-0.25, -0.2) is 9.13 Å². The van der Waals surface area contributed by atoms with Gasteiger partial charge < -0.3 is 34.2 Å². The second-order valence-electron chi connectivity index (χ2n) is 24.3. The Balaban J connectivity index is 4.41. The fourth-order valence-electron chi connectivity index (χ4n) is 9.59. The van der Waals surface area contributed by atoms with Gasteiger partial charge in [0.25, 0.3) is 0 Å². The molecule has 0 aliphatic carbocycles. The number of esters is 3. The molecule has 0 aliphatic heterocycles. The summed E-state index contributed by atoms with van der Waals surface area (Å²) in [5.41, 5.74) is 0. The summed E-state index contributed by atoms with van der Waals surface area (Å²) in [6, 6.07) is 0. The van der Waals surface area contributed by atoms with E-state index in [9.17, 15) is 43.5 Å². The van der Waals surface area contributed by atoms with E-state index in [0.717, 1.165) is 154 Å². The summed E-state index contributed by atoms with van der Waals surface area (Å²) in [4.78, 5) is 58.4. The summed E-state index contributed by atoms with van der Waals surface area (Å²) >= 11 is 0. The smallest absolute Gasteiger partial charge is 0.463 e. The third kappa shape index (κ3) is 71.1. The first-order valence-electron chi connectivity index (χ1n) is 36.8. The first-order chi connectivity index (χ1) is 46.2. The molecule has 0 aliphatic rings. The van der Waals surface area contributed by atoms with Gasteiger partial charge in [-0.1, -0.05) is 271 Å². The van der Waals surface area contributed by atoms with E-state index < -0.39 is 91.5 Å². The van der Waals surface area contributed by atoms with Crippen LogP contribution in [-0.4, -0.2) is 95.9 Å². The molecule has 0 rings (SSSR count). The van der Waals surface area contributed by atoms with Crippen LogP contribution in [0.1, 0.15) is 290 Å². The highest BCUT2D eigenvalue weighted by Gasteiger charge is 2.29. The lowest BCUT2D eigenvalue weighted by molar-refractivity contribution is -0.161. The summed E-state index contributed by atoms with van der Waals surface area (Å²) in [5, 5.41) is 20.6. The molecule has 5 unspecified atom stereocenters. The Kier molecular flexibility index (Phi) is 66.9. The number of hydrogen-bond acceptors (Lipinski definition) is 14. The maximum absolute atomic E-state index is 12.9. The van der Waals surface area contributed by atoms with Crippen LogP contribution in [0.3, 0.4) is 0 Å². The van der Waals surface area contributed by atoms with Crippen LogP contribution in [0.5, 0.6) is 0 Å². The number of carbonyl (C=O) groups excluding carboxylic acids is 3. The molecule has 16 nitrogen and oxygen atoms in total. The van der Waals surface area contributed by atoms with Crippen molar-refractivity contribution in [1.82, 2.24) is 0 Å². The molecule has 0 radical (unpaired) electrons. The fraction of sp³-hybridized carbons (Fsp3) is 0.701. The van der Waals surface area contributed by atoms with E-state index in [-0.39, 0.29) is 19.3 Å².